The minimum Gasteiger partial charge on any atom is -0.488 e. The van der Waals surface area contributed by atoms with Gasteiger partial charge in [0.15, 0.2) is 0 Å². The third kappa shape index (κ3) is 2.34. The van der Waals surface area contributed by atoms with Crippen LogP contribution in [0.25, 0.3) is 0 Å². The molecule has 5 rings (SSSR count). The van der Waals surface area contributed by atoms with E-state index in [0.29, 0.717) is 6.61 Å². The lowest BCUT2D eigenvalue weighted by Gasteiger charge is -2.35. The third-order valence-electron chi connectivity index (χ3n) is 5.52. The highest BCUT2D eigenvalue weighted by atomic mass is 32.2. The first-order chi connectivity index (χ1) is 12.8. The third-order valence-corrected chi connectivity index (χ3v) is 7.11. The lowest BCUT2D eigenvalue weighted by atomic mass is 10.0. The summed E-state index contributed by atoms with van der Waals surface area (Å²) in [5.41, 5.74) is 5.30. The maximum atomic E-state index is 6.33. The molecule has 1 aliphatic carbocycles. The number of anilines is 1. The molecule has 2 aliphatic rings. The number of nitrogens with zero attached hydrogens (tertiary/aromatic N) is 1. The van der Waals surface area contributed by atoms with E-state index in [4.69, 9.17) is 4.74 Å². The molecule has 3 aromatic rings. The molecule has 1 unspecified atom stereocenters. The molecule has 0 N–H and O–H groups in total. The van der Waals surface area contributed by atoms with Gasteiger partial charge in [-0.15, -0.1) is 0 Å². The van der Waals surface area contributed by atoms with Crippen molar-refractivity contribution in [3.05, 3.63) is 89.5 Å². The summed E-state index contributed by atoms with van der Waals surface area (Å²) in [5, 5.41) is 0. The zero-order valence-electron chi connectivity index (χ0n) is 14.8. The number of hydrogen-bond donors (Lipinski definition) is 0. The quantitative estimate of drug-likeness (QED) is 0.603. The second kappa shape index (κ2) is 6.10. The number of benzene rings is 3. The van der Waals surface area contributed by atoms with Gasteiger partial charge in [-0.25, -0.2) is 0 Å². The van der Waals surface area contributed by atoms with E-state index >= 15 is 0 Å². The van der Waals surface area contributed by atoms with Crippen LogP contribution in [0, 0.1) is 0 Å². The van der Waals surface area contributed by atoms with E-state index in [1.807, 2.05) is 17.8 Å². The number of aryl methyl sites for hydroxylation is 1. The number of hydrogen-bond acceptors (Lipinski definition) is 3. The Bertz CT molecular complexity index is 955. The van der Waals surface area contributed by atoms with Crippen molar-refractivity contribution >= 4 is 17.4 Å². The molecule has 1 aliphatic heterocycles. The molecule has 0 radical (unpaired) electrons. The molecule has 3 heteroatoms. The van der Waals surface area contributed by atoms with Gasteiger partial charge in [0.25, 0.3) is 0 Å². The Hall–Kier alpha value is -2.39. The van der Waals surface area contributed by atoms with E-state index in [1.165, 1.54) is 27.3 Å². The average Bonchev–Trinajstić information content (AvgIpc) is 3.20. The Labute approximate surface area is 158 Å². The maximum absolute atomic E-state index is 6.33. The number of thioether (sulfide) groups is 1. The predicted molar refractivity (Wildman–Crippen MR) is 108 cm³/mol. The molecular formula is C23H21NOS. The maximum Gasteiger partial charge on any atom is 0.126 e. The highest BCUT2D eigenvalue weighted by Crippen LogP contribution is 2.62. The lowest BCUT2D eigenvalue weighted by Crippen LogP contribution is -2.36. The van der Waals surface area contributed by atoms with Crippen molar-refractivity contribution in [2.45, 2.75) is 29.2 Å². The van der Waals surface area contributed by atoms with Crippen molar-refractivity contribution in [2.75, 3.05) is 11.9 Å². The van der Waals surface area contributed by atoms with Crippen LogP contribution in [0.3, 0.4) is 0 Å². The first-order valence-electron chi connectivity index (χ1n) is 9.09. The fourth-order valence-electron chi connectivity index (χ4n) is 4.22. The second-order valence-electron chi connectivity index (χ2n) is 6.98. The Morgan fingerprint density at radius 3 is 2.62 bits per heavy atom. The zero-order valence-corrected chi connectivity index (χ0v) is 15.6. The van der Waals surface area contributed by atoms with E-state index in [-0.39, 0.29) is 4.87 Å². The van der Waals surface area contributed by atoms with Crippen LogP contribution < -0.4 is 9.64 Å². The minimum atomic E-state index is -0.0493. The summed E-state index contributed by atoms with van der Waals surface area (Å²) in [6.07, 6.45) is 2.22. The number of para-hydroxylation sites is 1. The highest BCUT2D eigenvalue weighted by molar-refractivity contribution is 8.00. The van der Waals surface area contributed by atoms with Crippen LogP contribution in [0.5, 0.6) is 5.75 Å². The lowest BCUT2D eigenvalue weighted by molar-refractivity contribution is 0.300. The fraction of sp³-hybridized carbons (Fsp3) is 0.217. The molecule has 1 spiro atoms. The van der Waals surface area contributed by atoms with Crippen LogP contribution in [-0.4, -0.2) is 7.05 Å². The standard InChI is InChI=1S/C23H21NOS/c1-24-19-11-5-6-13-21(19)26-23(24)15-14-18-10-7-12-20(22(18)23)25-16-17-8-3-2-4-9-17/h2-13H,14-16H2,1H3. The minimum absolute atomic E-state index is 0.0493. The molecule has 2 nitrogen and oxygen atoms in total. The average molecular weight is 359 g/mol. The van der Waals surface area contributed by atoms with Gasteiger partial charge in [0.05, 0.1) is 5.69 Å². The smallest absolute Gasteiger partial charge is 0.126 e. The normalized spacial score (nSPS) is 20.3. The van der Waals surface area contributed by atoms with Crippen molar-refractivity contribution in [1.29, 1.82) is 0 Å². The van der Waals surface area contributed by atoms with Crippen molar-refractivity contribution in [2.24, 2.45) is 0 Å². The van der Waals surface area contributed by atoms with Crippen LogP contribution in [0.15, 0.2) is 77.7 Å². The molecule has 0 amide bonds. The molecule has 0 saturated heterocycles. The molecule has 130 valence electrons. The Morgan fingerprint density at radius 2 is 1.77 bits per heavy atom. The zero-order chi connectivity index (χ0) is 17.6. The Kier molecular flexibility index (Phi) is 3.71. The van der Waals surface area contributed by atoms with Crippen LogP contribution >= 0.6 is 11.8 Å². The molecule has 0 aromatic heterocycles. The van der Waals surface area contributed by atoms with E-state index in [2.05, 4.69) is 78.7 Å². The summed E-state index contributed by atoms with van der Waals surface area (Å²) >= 11 is 1.98. The molecular weight excluding hydrogens is 338 g/mol. The summed E-state index contributed by atoms with van der Waals surface area (Å²) < 4.78 is 6.33. The SMILES string of the molecule is CN1c2ccccc2SC12CCc1cccc(OCc3ccccc3)c12. The van der Waals surface area contributed by atoms with Gasteiger partial charge in [0.1, 0.15) is 17.2 Å². The van der Waals surface area contributed by atoms with Gasteiger partial charge in [-0.05, 0) is 42.2 Å². The number of ether oxygens (including phenoxy) is 1. The van der Waals surface area contributed by atoms with Gasteiger partial charge in [0.2, 0.25) is 0 Å². The number of fused-ring (bicyclic) bond motifs is 3. The predicted octanol–water partition coefficient (Wildman–Crippen LogP) is 5.61. The van der Waals surface area contributed by atoms with Crippen LogP contribution in [0.2, 0.25) is 0 Å². The van der Waals surface area contributed by atoms with Gasteiger partial charge in [-0.1, -0.05) is 66.4 Å². The van der Waals surface area contributed by atoms with Gasteiger partial charge < -0.3 is 9.64 Å². The molecule has 0 saturated carbocycles. The topological polar surface area (TPSA) is 12.5 Å². The summed E-state index contributed by atoms with van der Waals surface area (Å²) in [4.78, 5) is 3.77. The van der Waals surface area contributed by atoms with E-state index in [0.717, 1.165) is 18.6 Å². The van der Waals surface area contributed by atoms with Crippen LogP contribution in [0.1, 0.15) is 23.1 Å². The first kappa shape index (κ1) is 15.8. The van der Waals surface area contributed by atoms with E-state index in [1.54, 1.807) is 0 Å². The van der Waals surface area contributed by atoms with Crippen LogP contribution in [-0.2, 0) is 17.9 Å². The van der Waals surface area contributed by atoms with E-state index < -0.39 is 0 Å². The van der Waals surface area contributed by atoms with Gasteiger partial charge >= 0.3 is 0 Å². The Balaban J connectivity index is 1.53. The molecule has 0 bridgehead atoms. The number of rotatable bonds is 3. The monoisotopic (exact) mass is 359 g/mol. The second-order valence-corrected chi connectivity index (χ2v) is 8.30. The van der Waals surface area contributed by atoms with Crippen LogP contribution in [0.4, 0.5) is 5.69 Å². The molecule has 26 heavy (non-hydrogen) atoms. The molecule has 3 aromatic carbocycles. The summed E-state index contributed by atoms with van der Waals surface area (Å²) in [6.45, 7) is 0.606. The first-order valence-corrected chi connectivity index (χ1v) is 9.90. The van der Waals surface area contributed by atoms with Crippen molar-refractivity contribution < 1.29 is 4.74 Å². The Morgan fingerprint density at radius 1 is 0.962 bits per heavy atom. The summed E-state index contributed by atoms with van der Waals surface area (Å²) in [5.74, 6) is 1.02. The van der Waals surface area contributed by atoms with Crippen molar-refractivity contribution in [3.63, 3.8) is 0 Å². The molecule has 1 heterocycles. The fourth-order valence-corrected chi connectivity index (χ4v) is 5.81. The van der Waals surface area contributed by atoms with Crippen molar-refractivity contribution in [1.82, 2.24) is 0 Å². The molecule has 1 atom stereocenters. The van der Waals surface area contributed by atoms with Crippen molar-refractivity contribution in [3.8, 4) is 5.75 Å². The highest BCUT2D eigenvalue weighted by Gasteiger charge is 2.50. The van der Waals surface area contributed by atoms with Gasteiger partial charge in [0, 0.05) is 17.5 Å². The van der Waals surface area contributed by atoms with E-state index in [9.17, 15) is 0 Å². The summed E-state index contributed by atoms with van der Waals surface area (Å²) in [6, 6.07) is 25.6. The van der Waals surface area contributed by atoms with Gasteiger partial charge in [-0.3, -0.25) is 0 Å². The molecule has 0 fully saturated rings. The summed E-state index contributed by atoms with van der Waals surface area (Å²) in [7, 11) is 2.22. The largest absolute Gasteiger partial charge is 0.488 e. The van der Waals surface area contributed by atoms with Gasteiger partial charge in [-0.2, -0.15) is 0 Å².